The van der Waals surface area contributed by atoms with Crippen molar-refractivity contribution in [3.8, 4) is 11.5 Å². The lowest BCUT2D eigenvalue weighted by molar-refractivity contribution is -0.161. The van der Waals surface area contributed by atoms with Crippen LogP contribution in [0.15, 0.2) is 54.6 Å². The second-order valence-corrected chi connectivity index (χ2v) is 6.21. The Labute approximate surface area is 150 Å². The number of rotatable bonds is 4. The normalized spacial score (nSPS) is 18.5. The molecule has 0 spiro atoms. The summed E-state index contributed by atoms with van der Waals surface area (Å²) in [6, 6.07) is 16.4. The first-order valence-corrected chi connectivity index (χ1v) is 8.25. The van der Waals surface area contributed by atoms with Crippen molar-refractivity contribution in [2.75, 3.05) is 14.2 Å². The molecule has 0 aromatic heterocycles. The van der Waals surface area contributed by atoms with Crippen LogP contribution in [-0.4, -0.2) is 25.3 Å². The Morgan fingerprint density at radius 1 is 1.00 bits per heavy atom. The number of aliphatic hydroxyl groups is 1. The van der Waals surface area contributed by atoms with E-state index in [4.69, 9.17) is 14.2 Å². The Bertz CT molecular complexity index is 1010. The quantitative estimate of drug-likeness (QED) is 0.731. The highest BCUT2D eigenvalue weighted by molar-refractivity contribution is 5.96. The topological polar surface area (TPSA) is 65.0 Å². The molecule has 1 N–H and O–H groups in total. The summed E-state index contributed by atoms with van der Waals surface area (Å²) in [7, 11) is 3.17. The van der Waals surface area contributed by atoms with E-state index in [2.05, 4.69) is 0 Å². The summed E-state index contributed by atoms with van der Waals surface area (Å²) in [5, 5.41) is 12.9. The van der Waals surface area contributed by atoms with E-state index in [9.17, 15) is 9.90 Å². The lowest BCUT2D eigenvalue weighted by Gasteiger charge is -2.24. The summed E-state index contributed by atoms with van der Waals surface area (Å²) in [5.41, 5.74) is 1.52. The van der Waals surface area contributed by atoms with Crippen LogP contribution < -0.4 is 9.47 Å². The molecule has 0 bridgehead atoms. The second-order valence-electron chi connectivity index (χ2n) is 6.21. The molecule has 1 aliphatic heterocycles. The third-order valence-corrected chi connectivity index (χ3v) is 4.72. The summed E-state index contributed by atoms with van der Waals surface area (Å²) in [4.78, 5) is 12.1. The Morgan fingerprint density at radius 3 is 2.42 bits per heavy atom. The van der Waals surface area contributed by atoms with Gasteiger partial charge in [-0.2, -0.15) is 0 Å². The van der Waals surface area contributed by atoms with Crippen LogP contribution in [0.5, 0.6) is 11.5 Å². The van der Waals surface area contributed by atoms with Crippen molar-refractivity contribution < 1.29 is 24.1 Å². The summed E-state index contributed by atoms with van der Waals surface area (Å²) in [5.74, 6) is -0.989. The van der Waals surface area contributed by atoms with E-state index in [1.54, 1.807) is 38.5 Å². The maximum absolute atomic E-state index is 12.1. The molecule has 3 aromatic rings. The molecule has 0 aliphatic carbocycles. The zero-order valence-corrected chi connectivity index (χ0v) is 14.5. The molecular formula is C21H18O5. The number of hydrogen-bond acceptors (Lipinski definition) is 5. The van der Waals surface area contributed by atoms with Gasteiger partial charge < -0.3 is 19.3 Å². The molecule has 26 heavy (non-hydrogen) atoms. The molecule has 0 saturated heterocycles. The average Bonchev–Trinajstić information content (AvgIpc) is 2.92. The maximum atomic E-state index is 12.1. The third-order valence-electron chi connectivity index (χ3n) is 4.72. The van der Waals surface area contributed by atoms with Gasteiger partial charge in [0.1, 0.15) is 11.5 Å². The first-order valence-electron chi connectivity index (χ1n) is 8.25. The first-order chi connectivity index (χ1) is 12.6. The molecule has 1 heterocycles. The molecule has 132 valence electrons. The van der Waals surface area contributed by atoms with Crippen molar-refractivity contribution in [1.82, 2.24) is 0 Å². The van der Waals surface area contributed by atoms with Gasteiger partial charge in [-0.3, -0.25) is 0 Å². The number of hydrogen-bond donors (Lipinski definition) is 1. The Hall–Kier alpha value is -3.05. The van der Waals surface area contributed by atoms with Crippen molar-refractivity contribution in [2.24, 2.45) is 0 Å². The predicted molar refractivity (Wildman–Crippen MR) is 96.5 cm³/mol. The number of carbonyl (C=O) groups is 1. The minimum absolute atomic E-state index is 0.0557. The maximum Gasteiger partial charge on any atom is 0.341 e. The molecule has 0 radical (unpaired) electrons. The average molecular weight is 350 g/mol. The first kappa shape index (κ1) is 16.4. The van der Waals surface area contributed by atoms with Gasteiger partial charge in [-0.25, -0.2) is 4.79 Å². The molecule has 1 aliphatic rings. The van der Waals surface area contributed by atoms with Gasteiger partial charge >= 0.3 is 5.97 Å². The van der Waals surface area contributed by atoms with Crippen LogP contribution in [0, 0.1) is 0 Å². The summed E-state index contributed by atoms with van der Waals surface area (Å²) >= 11 is 0. The highest BCUT2D eigenvalue weighted by Gasteiger charge is 2.44. The third kappa shape index (κ3) is 2.40. The number of esters is 1. The molecule has 0 fully saturated rings. The highest BCUT2D eigenvalue weighted by atomic mass is 16.7. The SMILES string of the molecule is COc1cc(CC2(O)OC(=O)c3ccccc32)c(OC)c2ccccc12. The van der Waals surface area contributed by atoms with Crippen molar-refractivity contribution in [3.05, 3.63) is 71.3 Å². The van der Waals surface area contributed by atoms with E-state index in [1.165, 1.54) is 0 Å². The van der Waals surface area contributed by atoms with Crippen LogP contribution in [0.4, 0.5) is 0 Å². The lowest BCUT2D eigenvalue weighted by atomic mass is 9.93. The summed E-state index contributed by atoms with van der Waals surface area (Å²) < 4.78 is 16.5. The van der Waals surface area contributed by atoms with Gasteiger partial charge in [0.15, 0.2) is 0 Å². The lowest BCUT2D eigenvalue weighted by Crippen LogP contribution is -2.28. The number of benzene rings is 3. The van der Waals surface area contributed by atoms with Crippen molar-refractivity contribution >= 4 is 16.7 Å². The highest BCUT2D eigenvalue weighted by Crippen LogP contribution is 2.42. The number of ether oxygens (including phenoxy) is 3. The van der Waals surface area contributed by atoms with Crippen LogP contribution in [0.2, 0.25) is 0 Å². The van der Waals surface area contributed by atoms with E-state index < -0.39 is 11.8 Å². The van der Waals surface area contributed by atoms with Crippen LogP contribution in [0.1, 0.15) is 21.5 Å². The molecule has 5 nitrogen and oxygen atoms in total. The molecule has 4 rings (SSSR count). The van der Waals surface area contributed by atoms with Gasteiger partial charge in [0.25, 0.3) is 0 Å². The molecule has 5 heteroatoms. The van der Waals surface area contributed by atoms with Gasteiger partial charge in [0.05, 0.1) is 19.8 Å². The van der Waals surface area contributed by atoms with Crippen LogP contribution in [0.25, 0.3) is 10.8 Å². The van der Waals surface area contributed by atoms with Gasteiger partial charge in [-0.15, -0.1) is 0 Å². The van der Waals surface area contributed by atoms with Gasteiger partial charge in [-0.1, -0.05) is 42.5 Å². The Morgan fingerprint density at radius 2 is 1.69 bits per heavy atom. The zero-order chi connectivity index (χ0) is 18.3. The minimum atomic E-state index is -1.74. The van der Waals surface area contributed by atoms with Crippen LogP contribution in [0.3, 0.4) is 0 Å². The van der Waals surface area contributed by atoms with Gasteiger partial charge in [-0.05, 0) is 12.1 Å². The smallest absolute Gasteiger partial charge is 0.341 e. The molecule has 1 atom stereocenters. The fourth-order valence-corrected chi connectivity index (χ4v) is 3.57. The Kier molecular flexibility index (Phi) is 3.81. The van der Waals surface area contributed by atoms with E-state index in [0.29, 0.717) is 28.2 Å². The van der Waals surface area contributed by atoms with E-state index >= 15 is 0 Å². The number of methoxy groups -OCH3 is 2. The van der Waals surface area contributed by atoms with Gasteiger partial charge in [0.2, 0.25) is 5.79 Å². The molecule has 3 aromatic carbocycles. The minimum Gasteiger partial charge on any atom is -0.496 e. The van der Waals surface area contributed by atoms with Crippen LogP contribution in [-0.2, 0) is 16.9 Å². The molecule has 0 amide bonds. The van der Waals surface area contributed by atoms with E-state index in [0.717, 1.165) is 10.8 Å². The standard InChI is InChI=1S/C21H18O5/c1-24-18-11-13(19(25-2)15-8-4-3-7-14(15)18)12-21(23)17-10-6-5-9-16(17)20(22)26-21/h3-11,23H,12H2,1-2H3. The van der Waals surface area contributed by atoms with E-state index in [1.807, 2.05) is 30.3 Å². The number of cyclic esters (lactones) is 1. The summed E-state index contributed by atoms with van der Waals surface area (Å²) in [6.45, 7) is 0. The zero-order valence-electron chi connectivity index (χ0n) is 14.5. The van der Waals surface area contributed by atoms with Crippen molar-refractivity contribution in [1.29, 1.82) is 0 Å². The fourth-order valence-electron chi connectivity index (χ4n) is 3.57. The van der Waals surface area contributed by atoms with E-state index in [-0.39, 0.29) is 6.42 Å². The van der Waals surface area contributed by atoms with Crippen LogP contribution >= 0.6 is 0 Å². The number of carbonyl (C=O) groups excluding carboxylic acids is 1. The second kappa shape index (κ2) is 6.04. The Balaban J connectivity index is 1.87. The number of fused-ring (bicyclic) bond motifs is 2. The van der Waals surface area contributed by atoms with Gasteiger partial charge in [0, 0.05) is 28.3 Å². The van der Waals surface area contributed by atoms with Crippen molar-refractivity contribution in [3.63, 3.8) is 0 Å². The van der Waals surface area contributed by atoms with Crippen molar-refractivity contribution in [2.45, 2.75) is 12.2 Å². The molecular weight excluding hydrogens is 332 g/mol. The fraction of sp³-hybridized carbons (Fsp3) is 0.190. The largest absolute Gasteiger partial charge is 0.496 e. The molecule has 0 saturated carbocycles. The molecule has 1 unspecified atom stereocenters. The predicted octanol–water partition coefficient (Wildman–Crippen LogP) is 3.42. The monoisotopic (exact) mass is 350 g/mol. The summed E-state index contributed by atoms with van der Waals surface area (Å²) in [6.07, 6.45) is 0.0557.